The van der Waals surface area contributed by atoms with Crippen molar-refractivity contribution in [3.8, 4) is 5.75 Å². The molecular formula is C26H23ClN4O4S2. The number of aryl methyl sites for hydroxylation is 1. The number of carbonyl (C=O) groups is 2. The first-order valence-corrected chi connectivity index (χ1v) is 13.9. The number of thioether (sulfide) groups is 1. The van der Waals surface area contributed by atoms with Crippen LogP contribution in [-0.2, 0) is 24.2 Å². The number of aromatic nitrogens is 2. The third-order valence-corrected chi connectivity index (χ3v) is 7.91. The molecule has 0 aliphatic heterocycles. The molecule has 8 nitrogen and oxygen atoms in total. The highest BCUT2D eigenvalue weighted by Gasteiger charge is 2.26. The monoisotopic (exact) mass is 554 g/mol. The number of carbonyl (C=O) groups excluding carboxylic acids is 2. The first kappa shape index (κ1) is 25.3. The molecule has 37 heavy (non-hydrogen) atoms. The van der Waals surface area contributed by atoms with Gasteiger partial charge < -0.3 is 19.8 Å². The average Bonchev–Trinajstić information content (AvgIpc) is 3.51. The summed E-state index contributed by atoms with van der Waals surface area (Å²) in [6, 6.07) is 16.2. The molecule has 2 heterocycles. The molecule has 0 bridgehead atoms. The number of halogens is 1. The summed E-state index contributed by atoms with van der Waals surface area (Å²) >= 11 is 8.48. The second kappa shape index (κ2) is 11.8. The van der Waals surface area contributed by atoms with Gasteiger partial charge in [-0.1, -0.05) is 41.6 Å². The molecule has 5 rings (SSSR count). The van der Waals surface area contributed by atoms with Gasteiger partial charge in [0.25, 0.3) is 17.0 Å². The van der Waals surface area contributed by atoms with Gasteiger partial charge in [0.1, 0.15) is 10.8 Å². The Kier molecular flexibility index (Phi) is 8.08. The zero-order valence-electron chi connectivity index (χ0n) is 19.7. The number of benzene rings is 2. The van der Waals surface area contributed by atoms with Gasteiger partial charge in [-0.3, -0.25) is 9.59 Å². The molecule has 0 saturated carbocycles. The van der Waals surface area contributed by atoms with Crippen molar-refractivity contribution in [2.75, 3.05) is 16.4 Å². The van der Waals surface area contributed by atoms with Gasteiger partial charge in [0.15, 0.2) is 6.61 Å². The summed E-state index contributed by atoms with van der Waals surface area (Å²) in [4.78, 5) is 27.2. The van der Waals surface area contributed by atoms with Crippen molar-refractivity contribution in [3.63, 3.8) is 0 Å². The summed E-state index contributed by atoms with van der Waals surface area (Å²) < 4.78 is 11.2. The van der Waals surface area contributed by atoms with Crippen molar-refractivity contribution >= 4 is 57.2 Å². The number of para-hydroxylation sites is 1. The van der Waals surface area contributed by atoms with E-state index in [0.717, 1.165) is 47.9 Å². The fraction of sp³-hybridized carbons (Fsp3) is 0.231. The third-order valence-electron chi connectivity index (χ3n) is 5.63. The van der Waals surface area contributed by atoms with E-state index in [0.29, 0.717) is 32.9 Å². The van der Waals surface area contributed by atoms with Gasteiger partial charge in [0.2, 0.25) is 5.91 Å². The summed E-state index contributed by atoms with van der Waals surface area (Å²) in [6.07, 6.45) is 3.85. The van der Waals surface area contributed by atoms with Gasteiger partial charge >= 0.3 is 0 Å². The molecule has 11 heteroatoms. The lowest BCUT2D eigenvalue weighted by Crippen LogP contribution is -2.19. The molecule has 2 aromatic heterocycles. The SMILES string of the molecule is O=C(CSc1nnc(COc2ccc(Cl)cc2)o1)Nc1sc2c(c1C(=O)Nc1ccccc1)CCCC2. The van der Waals surface area contributed by atoms with Gasteiger partial charge in [-0.2, -0.15) is 0 Å². The van der Waals surface area contributed by atoms with Crippen LogP contribution in [0.2, 0.25) is 5.02 Å². The molecule has 4 aromatic rings. The van der Waals surface area contributed by atoms with Crippen molar-refractivity contribution in [1.82, 2.24) is 10.2 Å². The molecule has 1 aliphatic rings. The standard InChI is InChI=1S/C26H23ClN4O4S2/c27-16-10-12-18(13-11-16)34-14-22-30-31-26(35-22)36-15-21(32)29-25-23(19-8-4-5-9-20(19)37-25)24(33)28-17-6-2-1-3-7-17/h1-3,6-7,10-13H,4-5,8-9,14-15H2,(H,28,33)(H,29,32). The first-order chi connectivity index (χ1) is 18.0. The highest BCUT2D eigenvalue weighted by molar-refractivity contribution is 7.99. The summed E-state index contributed by atoms with van der Waals surface area (Å²) in [7, 11) is 0. The lowest BCUT2D eigenvalue weighted by Gasteiger charge is -2.13. The largest absolute Gasteiger partial charge is 0.484 e. The number of thiophene rings is 1. The summed E-state index contributed by atoms with van der Waals surface area (Å²) in [6.45, 7) is 0.0992. The maximum absolute atomic E-state index is 13.2. The quantitative estimate of drug-likeness (QED) is 0.236. The highest BCUT2D eigenvalue weighted by Crippen LogP contribution is 2.38. The van der Waals surface area contributed by atoms with Crippen LogP contribution in [0, 0.1) is 0 Å². The minimum Gasteiger partial charge on any atom is -0.484 e. The Hall–Kier alpha value is -3.34. The third kappa shape index (κ3) is 6.51. The topological polar surface area (TPSA) is 106 Å². The number of rotatable bonds is 9. The fourth-order valence-electron chi connectivity index (χ4n) is 3.93. The number of nitrogens with one attached hydrogen (secondary N) is 2. The Balaban J connectivity index is 1.20. The second-order valence-electron chi connectivity index (χ2n) is 8.28. The van der Waals surface area contributed by atoms with Crippen molar-refractivity contribution in [3.05, 3.63) is 81.5 Å². The van der Waals surface area contributed by atoms with Crippen molar-refractivity contribution in [1.29, 1.82) is 0 Å². The molecule has 0 fully saturated rings. The lowest BCUT2D eigenvalue weighted by molar-refractivity contribution is -0.113. The maximum atomic E-state index is 13.2. The maximum Gasteiger partial charge on any atom is 0.277 e. The predicted octanol–water partition coefficient (Wildman–Crippen LogP) is 6.23. The predicted molar refractivity (Wildman–Crippen MR) is 145 cm³/mol. The smallest absolute Gasteiger partial charge is 0.277 e. The van der Waals surface area contributed by atoms with Crippen LogP contribution in [0.25, 0.3) is 0 Å². The Morgan fingerprint density at radius 1 is 1.03 bits per heavy atom. The fourth-order valence-corrected chi connectivity index (χ4v) is 5.94. The molecule has 0 radical (unpaired) electrons. The van der Waals surface area contributed by atoms with Crippen LogP contribution < -0.4 is 15.4 Å². The summed E-state index contributed by atoms with van der Waals surface area (Å²) in [5.74, 6) is 0.512. The molecule has 0 atom stereocenters. The van der Waals surface area contributed by atoms with Crippen LogP contribution in [0.1, 0.15) is 39.5 Å². The zero-order chi connectivity index (χ0) is 25.6. The van der Waals surface area contributed by atoms with Crippen LogP contribution in [-0.4, -0.2) is 27.8 Å². The molecule has 0 spiro atoms. The normalized spacial score (nSPS) is 12.6. The molecule has 2 N–H and O–H groups in total. The Morgan fingerprint density at radius 2 is 1.81 bits per heavy atom. The van der Waals surface area contributed by atoms with E-state index in [1.165, 1.54) is 11.3 Å². The molecule has 190 valence electrons. The highest BCUT2D eigenvalue weighted by atomic mass is 35.5. The minimum absolute atomic E-state index is 0.0575. The van der Waals surface area contributed by atoms with E-state index in [9.17, 15) is 9.59 Å². The van der Waals surface area contributed by atoms with Gasteiger partial charge in [0, 0.05) is 15.6 Å². The van der Waals surface area contributed by atoms with Gasteiger partial charge in [-0.25, -0.2) is 0 Å². The van der Waals surface area contributed by atoms with Crippen LogP contribution in [0.15, 0.2) is 64.2 Å². The summed E-state index contributed by atoms with van der Waals surface area (Å²) in [5, 5.41) is 15.3. The zero-order valence-corrected chi connectivity index (χ0v) is 22.0. The summed E-state index contributed by atoms with van der Waals surface area (Å²) in [5.41, 5.74) is 2.31. The van der Waals surface area contributed by atoms with E-state index >= 15 is 0 Å². The van der Waals surface area contributed by atoms with Crippen molar-refractivity contribution in [2.24, 2.45) is 0 Å². The van der Waals surface area contributed by atoms with E-state index in [1.54, 1.807) is 24.3 Å². The Labute approximate surface area is 226 Å². The Bertz CT molecular complexity index is 1390. The van der Waals surface area contributed by atoms with Crippen molar-refractivity contribution < 1.29 is 18.7 Å². The average molecular weight is 555 g/mol. The number of fused-ring (bicyclic) bond motifs is 1. The van der Waals surface area contributed by atoms with Gasteiger partial charge in [-0.05, 0) is 67.6 Å². The number of ether oxygens (including phenoxy) is 1. The number of anilines is 2. The lowest BCUT2D eigenvalue weighted by atomic mass is 9.95. The molecule has 2 aromatic carbocycles. The number of hydrogen-bond donors (Lipinski definition) is 2. The van der Waals surface area contributed by atoms with E-state index in [1.807, 2.05) is 30.3 Å². The van der Waals surface area contributed by atoms with Crippen LogP contribution in [0.3, 0.4) is 0 Å². The molecule has 0 unspecified atom stereocenters. The van der Waals surface area contributed by atoms with Gasteiger partial charge in [0.05, 0.1) is 11.3 Å². The van der Waals surface area contributed by atoms with Crippen LogP contribution in [0.4, 0.5) is 10.7 Å². The van der Waals surface area contributed by atoms with Crippen LogP contribution >= 0.6 is 34.7 Å². The van der Waals surface area contributed by atoms with Crippen LogP contribution in [0.5, 0.6) is 5.75 Å². The number of nitrogens with zero attached hydrogens (tertiary/aromatic N) is 2. The molecule has 0 saturated heterocycles. The molecular weight excluding hydrogens is 532 g/mol. The number of hydrogen-bond acceptors (Lipinski definition) is 8. The van der Waals surface area contributed by atoms with Gasteiger partial charge in [-0.15, -0.1) is 21.5 Å². The van der Waals surface area contributed by atoms with E-state index in [2.05, 4.69) is 20.8 Å². The van der Waals surface area contributed by atoms with E-state index in [-0.39, 0.29) is 29.4 Å². The van der Waals surface area contributed by atoms with E-state index < -0.39 is 0 Å². The van der Waals surface area contributed by atoms with Crippen molar-refractivity contribution in [2.45, 2.75) is 37.5 Å². The first-order valence-electron chi connectivity index (χ1n) is 11.7. The number of amides is 2. The van der Waals surface area contributed by atoms with E-state index in [4.69, 9.17) is 20.8 Å². The minimum atomic E-state index is -0.255. The molecule has 1 aliphatic carbocycles. The molecule has 2 amide bonds. The Morgan fingerprint density at radius 3 is 2.62 bits per heavy atom. The second-order valence-corrected chi connectivity index (χ2v) is 10.7.